The van der Waals surface area contributed by atoms with Gasteiger partial charge in [0.2, 0.25) is 5.95 Å². The van der Waals surface area contributed by atoms with Gasteiger partial charge < -0.3 is 15.5 Å². The van der Waals surface area contributed by atoms with Crippen LogP contribution in [0.3, 0.4) is 0 Å². The first-order chi connectivity index (χ1) is 11.7. The van der Waals surface area contributed by atoms with Gasteiger partial charge in [0.15, 0.2) is 11.2 Å². The lowest BCUT2D eigenvalue weighted by atomic mass is 10.1. The van der Waals surface area contributed by atoms with Gasteiger partial charge in [-0.2, -0.15) is 9.67 Å². The van der Waals surface area contributed by atoms with E-state index in [-0.39, 0.29) is 18.4 Å². The highest BCUT2D eigenvalue weighted by molar-refractivity contribution is 5.72. The number of benzene rings is 1. The van der Waals surface area contributed by atoms with Crippen LogP contribution < -0.4 is 5.32 Å². The Kier molecular flexibility index (Phi) is 3.73. The van der Waals surface area contributed by atoms with E-state index in [4.69, 9.17) is 0 Å². The molecule has 1 saturated carbocycles. The van der Waals surface area contributed by atoms with Crippen LogP contribution in [0.2, 0.25) is 0 Å². The number of fused-ring (bicyclic) bond motifs is 1. The number of aliphatic hydroxyl groups is 1. The van der Waals surface area contributed by atoms with E-state index in [9.17, 15) is 10.2 Å². The molecule has 1 fully saturated rings. The third kappa shape index (κ3) is 2.76. The van der Waals surface area contributed by atoms with Crippen molar-refractivity contribution < 1.29 is 10.2 Å². The molecule has 124 valence electrons. The normalized spacial score (nSPS) is 20.5. The Morgan fingerprint density at radius 2 is 2.04 bits per heavy atom. The highest BCUT2D eigenvalue weighted by Crippen LogP contribution is 2.27. The second kappa shape index (κ2) is 6.04. The SMILES string of the molecule is OCC1CCC(Nc2ncc3nnn(-c4ccc(O)cc4)c3n2)C1. The van der Waals surface area contributed by atoms with E-state index in [0.29, 0.717) is 23.0 Å². The molecule has 4 rings (SSSR count). The first-order valence-corrected chi connectivity index (χ1v) is 7.98. The molecule has 1 aliphatic carbocycles. The van der Waals surface area contributed by atoms with Crippen molar-refractivity contribution in [1.29, 1.82) is 0 Å². The summed E-state index contributed by atoms with van der Waals surface area (Å²) < 4.78 is 1.62. The van der Waals surface area contributed by atoms with Gasteiger partial charge in [-0.15, -0.1) is 5.10 Å². The fourth-order valence-corrected chi connectivity index (χ4v) is 3.12. The van der Waals surface area contributed by atoms with E-state index in [1.165, 1.54) is 0 Å². The lowest BCUT2D eigenvalue weighted by Gasteiger charge is -2.12. The maximum atomic E-state index is 9.41. The van der Waals surface area contributed by atoms with Crippen molar-refractivity contribution in [3.8, 4) is 11.4 Å². The van der Waals surface area contributed by atoms with Crippen LogP contribution in [0.4, 0.5) is 5.95 Å². The molecule has 1 aromatic carbocycles. The highest BCUT2D eigenvalue weighted by Gasteiger charge is 2.24. The van der Waals surface area contributed by atoms with Gasteiger partial charge in [-0.1, -0.05) is 5.21 Å². The van der Waals surface area contributed by atoms with Gasteiger partial charge >= 0.3 is 0 Å². The zero-order valence-corrected chi connectivity index (χ0v) is 13.0. The van der Waals surface area contributed by atoms with Gasteiger partial charge in [-0.25, -0.2) is 4.98 Å². The molecule has 2 aromatic heterocycles. The van der Waals surface area contributed by atoms with Crippen molar-refractivity contribution in [1.82, 2.24) is 25.0 Å². The van der Waals surface area contributed by atoms with E-state index >= 15 is 0 Å². The maximum Gasteiger partial charge on any atom is 0.225 e. The zero-order chi connectivity index (χ0) is 16.5. The molecule has 0 amide bonds. The average molecular weight is 326 g/mol. The lowest BCUT2D eigenvalue weighted by molar-refractivity contribution is 0.229. The van der Waals surface area contributed by atoms with Gasteiger partial charge in [0.1, 0.15) is 5.75 Å². The van der Waals surface area contributed by atoms with Crippen LogP contribution in [0, 0.1) is 5.92 Å². The molecule has 8 nitrogen and oxygen atoms in total. The van der Waals surface area contributed by atoms with Gasteiger partial charge in [0.05, 0.1) is 11.9 Å². The van der Waals surface area contributed by atoms with Crippen LogP contribution >= 0.6 is 0 Å². The second-order valence-corrected chi connectivity index (χ2v) is 6.12. The maximum absolute atomic E-state index is 9.41. The Labute approximate surface area is 138 Å². The Bertz CT molecular complexity index is 847. The Hall–Kier alpha value is -2.74. The van der Waals surface area contributed by atoms with E-state index in [2.05, 4.69) is 25.6 Å². The second-order valence-electron chi connectivity index (χ2n) is 6.12. The molecule has 0 radical (unpaired) electrons. The van der Waals surface area contributed by atoms with Crippen LogP contribution in [0.5, 0.6) is 5.75 Å². The minimum atomic E-state index is 0.194. The number of hydrogen-bond donors (Lipinski definition) is 3. The van der Waals surface area contributed by atoms with Crippen LogP contribution in [0.1, 0.15) is 19.3 Å². The largest absolute Gasteiger partial charge is 0.508 e. The molecule has 2 atom stereocenters. The average Bonchev–Trinajstić information content (AvgIpc) is 3.22. The Balaban J connectivity index is 1.62. The zero-order valence-electron chi connectivity index (χ0n) is 13.0. The van der Waals surface area contributed by atoms with Gasteiger partial charge in [0.25, 0.3) is 0 Å². The molecular formula is C16H18N6O2. The number of aromatic nitrogens is 5. The topological polar surface area (TPSA) is 109 Å². The smallest absolute Gasteiger partial charge is 0.225 e. The van der Waals surface area contributed by atoms with Crippen molar-refractivity contribution in [2.24, 2.45) is 5.92 Å². The summed E-state index contributed by atoms with van der Waals surface area (Å²) in [5.41, 5.74) is 1.98. The van der Waals surface area contributed by atoms with Crippen molar-refractivity contribution in [3.63, 3.8) is 0 Å². The molecule has 2 heterocycles. The molecule has 1 aliphatic rings. The number of anilines is 1. The van der Waals surface area contributed by atoms with Crippen molar-refractivity contribution in [3.05, 3.63) is 30.5 Å². The van der Waals surface area contributed by atoms with Gasteiger partial charge in [-0.05, 0) is 49.4 Å². The van der Waals surface area contributed by atoms with Crippen molar-refractivity contribution in [2.75, 3.05) is 11.9 Å². The van der Waals surface area contributed by atoms with Crippen LogP contribution in [0.25, 0.3) is 16.9 Å². The van der Waals surface area contributed by atoms with E-state index in [1.807, 2.05) is 0 Å². The summed E-state index contributed by atoms with van der Waals surface area (Å²) in [6.45, 7) is 0.232. The van der Waals surface area contributed by atoms with Crippen molar-refractivity contribution >= 4 is 17.1 Å². The van der Waals surface area contributed by atoms with Crippen LogP contribution in [0.15, 0.2) is 30.5 Å². The summed E-state index contributed by atoms with van der Waals surface area (Å²) in [7, 11) is 0. The minimum absolute atomic E-state index is 0.194. The summed E-state index contributed by atoms with van der Waals surface area (Å²) >= 11 is 0. The number of phenols is 1. The summed E-state index contributed by atoms with van der Waals surface area (Å²) in [6, 6.07) is 6.97. The number of aromatic hydroxyl groups is 1. The number of rotatable bonds is 4. The van der Waals surface area contributed by atoms with E-state index in [1.54, 1.807) is 35.1 Å². The third-order valence-electron chi connectivity index (χ3n) is 4.42. The number of nitrogens with one attached hydrogen (secondary N) is 1. The molecule has 3 aromatic rings. The predicted octanol–water partition coefficient (Wildman–Crippen LogP) is 1.49. The first-order valence-electron chi connectivity index (χ1n) is 7.98. The molecule has 0 saturated heterocycles. The standard InChI is InChI=1S/C16H18N6O2/c23-9-10-1-2-11(7-10)18-16-17-8-14-15(19-16)22(21-20-14)12-3-5-13(24)6-4-12/h3-6,8,10-11,23-24H,1-2,7,9H2,(H,17,18,19). The molecule has 2 unspecified atom stereocenters. The Morgan fingerprint density at radius 1 is 1.21 bits per heavy atom. The van der Waals surface area contributed by atoms with E-state index in [0.717, 1.165) is 24.9 Å². The predicted molar refractivity (Wildman–Crippen MR) is 88.0 cm³/mol. The lowest BCUT2D eigenvalue weighted by Crippen LogP contribution is -2.18. The number of aliphatic hydroxyl groups excluding tert-OH is 1. The van der Waals surface area contributed by atoms with Gasteiger partial charge in [0, 0.05) is 12.6 Å². The molecule has 0 aliphatic heterocycles. The summed E-state index contributed by atoms with van der Waals surface area (Å²) in [6.07, 6.45) is 4.59. The molecule has 0 bridgehead atoms. The number of hydrogen-bond acceptors (Lipinski definition) is 7. The summed E-state index contributed by atoms with van der Waals surface area (Å²) in [5.74, 6) is 1.09. The first kappa shape index (κ1) is 14.8. The third-order valence-corrected chi connectivity index (χ3v) is 4.42. The fourth-order valence-electron chi connectivity index (χ4n) is 3.12. The Morgan fingerprint density at radius 3 is 2.79 bits per heavy atom. The molecule has 24 heavy (non-hydrogen) atoms. The van der Waals surface area contributed by atoms with Crippen molar-refractivity contribution in [2.45, 2.75) is 25.3 Å². The highest BCUT2D eigenvalue weighted by atomic mass is 16.3. The number of phenolic OH excluding ortho intramolecular Hbond substituents is 1. The van der Waals surface area contributed by atoms with Crippen LogP contribution in [-0.2, 0) is 0 Å². The van der Waals surface area contributed by atoms with Gasteiger partial charge in [-0.3, -0.25) is 0 Å². The summed E-state index contributed by atoms with van der Waals surface area (Å²) in [5, 5.41) is 30.2. The number of nitrogens with zero attached hydrogens (tertiary/aromatic N) is 5. The molecule has 8 heteroatoms. The monoisotopic (exact) mass is 326 g/mol. The van der Waals surface area contributed by atoms with Crippen LogP contribution in [-0.4, -0.2) is 47.8 Å². The quantitative estimate of drug-likeness (QED) is 0.666. The van der Waals surface area contributed by atoms with E-state index < -0.39 is 0 Å². The molecule has 0 spiro atoms. The minimum Gasteiger partial charge on any atom is -0.508 e. The fraction of sp³-hybridized carbons (Fsp3) is 0.375. The molecule has 3 N–H and O–H groups in total. The summed E-state index contributed by atoms with van der Waals surface area (Å²) in [4.78, 5) is 8.84. The molecular weight excluding hydrogens is 308 g/mol.